The first-order chi connectivity index (χ1) is 10.4. The lowest BCUT2D eigenvalue weighted by atomic mass is 10.1. The Balaban J connectivity index is 2.04. The van der Waals surface area contributed by atoms with Gasteiger partial charge >= 0.3 is 0 Å². The van der Waals surface area contributed by atoms with Crippen LogP contribution in [0.5, 0.6) is 0 Å². The van der Waals surface area contributed by atoms with Crippen LogP contribution in [-0.4, -0.2) is 45.0 Å². The van der Waals surface area contributed by atoms with Gasteiger partial charge in [0.25, 0.3) is 5.91 Å². The molecule has 7 heteroatoms. The molecule has 0 radical (unpaired) electrons. The van der Waals surface area contributed by atoms with Gasteiger partial charge in [-0.25, -0.2) is 13.6 Å². The maximum absolute atomic E-state index is 12.5. The van der Waals surface area contributed by atoms with Crippen LogP contribution in [0.25, 0.3) is 0 Å². The Bertz CT molecular complexity index is 613. The molecule has 122 valence electrons. The predicted octanol–water partition coefficient (Wildman–Crippen LogP) is 1.37. The largest absolute Gasteiger partial charge is 0.376 e. The number of ether oxygens (including phenoxy) is 1. The first kappa shape index (κ1) is 16.9. The number of sulfonamides is 1. The summed E-state index contributed by atoms with van der Waals surface area (Å²) in [6, 6.07) is 5.71. The standard InChI is InChI=1S/C15H22N2O4S/c1-2-10-21-13-4-3-9-17(11-13)15(18)12-5-7-14(8-6-12)22(16,19)20/h5-8,13H,2-4,9-11H2,1H3,(H2,16,19,20)/t13-/m0/s1. The van der Waals surface area contributed by atoms with Crippen LogP contribution in [-0.2, 0) is 14.8 Å². The van der Waals surface area contributed by atoms with Crippen molar-refractivity contribution in [3.8, 4) is 0 Å². The Labute approximate surface area is 131 Å². The topological polar surface area (TPSA) is 89.7 Å². The first-order valence-electron chi connectivity index (χ1n) is 7.45. The Morgan fingerprint density at radius 1 is 1.36 bits per heavy atom. The van der Waals surface area contributed by atoms with Crippen LogP contribution in [0.1, 0.15) is 36.5 Å². The number of benzene rings is 1. The Morgan fingerprint density at radius 2 is 2.05 bits per heavy atom. The lowest BCUT2D eigenvalue weighted by Crippen LogP contribution is -2.43. The van der Waals surface area contributed by atoms with Gasteiger partial charge in [0.15, 0.2) is 0 Å². The molecule has 0 aliphatic carbocycles. The zero-order valence-corrected chi connectivity index (χ0v) is 13.5. The normalized spacial score (nSPS) is 19.2. The van der Waals surface area contributed by atoms with Crippen LogP contribution >= 0.6 is 0 Å². The van der Waals surface area contributed by atoms with Gasteiger partial charge in [-0.05, 0) is 43.5 Å². The van der Waals surface area contributed by atoms with Crippen LogP contribution in [0.15, 0.2) is 29.2 Å². The smallest absolute Gasteiger partial charge is 0.253 e. The number of piperidine rings is 1. The molecular formula is C15H22N2O4S. The molecular weight excluding hydrogens is 304 g/mol. The minimum Gasteiger partial charge on any atom is -0.376 e. The van der Waals surface area contributed by atoms with Crippen molar-refractivity contribution in [2.75, 3.05) is 19.7 Å². The van der Waals surface area contributed by atoms with Crippen molar-refractivity contribution in [1.29, 1.82) is 0 Å². The summed E-state index contributed by atoms with van der Waals surface area (Å²) < 4.78 is 28.2. The third kappa shape index (κ3) is 4.28. The molecule has 1 fully saturated rings. The molecule has 2 rings (SSSR count). The van der Waals surface area contributed by atoms with Gasteiger partial charge < -0.3 is 9.64 Å². The number of nitrogens with two attached hydrogens (primary N) is 1. The van der Waals surface area contributed by atoms with E-state index >= 15 is 0 Å². The van der Waals surface area contributed by atoms with Crippen LogP contribution in [0.4, 0.5) is 0 Å². The first-order valence-corrected chi connectivity index (χ1v) is 9.00. The number of nitrogens with zero attached hydrogens (tertiary/aromatic N) is 1. The average molecular weight is 326 g/mol. The molecule has 1 aromatic rings. The highest BCUT2D eigenvalue weighted by molar-refractivity contribution is 7.89. The quantitative estimate of drug-likeness (QED) is 0.885. The summed E-state index contributed by atoms with van der Waals surface area (Å²) in [7, 11) is -3.73. The number of amides is 1. The summed E-state index contributed by atoms with van der Waals surface area (Å²) in [5, 5.41) is 5.05. The van der Waals surface area contributed by atoms with Crippen molar-refractivity contribution < 1.29 is 17.9 Å². The zero-order valence-electron chi connectivity index (χ0n) is 12.7. The minimum atomic E-state index is -3.73. The molecule has 6 nitrogen and oxygen atoms in total. The lowest BCUT2D eigenvalue weighted by molar-refractivity contribution is 0.00211. The van der Waals surface area contributed by atoms with Gasteiger partial charge in [0.1, 0.15) is 0 Å². The van der Waals surface area contributed by atoms with Crippen LogP contribution in [0.2, 0.25) is 0 Å². The third-order valence-corrected chi connectivity index (χ3v) is 4.58. The Hall–Kier alpha value is -1.44. The van der Waals surface area contributed by atoms with E-state index in [2.05, 4.69) is 6.92 Å². The Kier molecular flexibility index (Phi) is 5.55. The van der Waals surface area contributed by atoms with E-state index in [1.807, 2.05) is 0 Å². The lowest BCUT2D eigenvalue weighted by Gasteiger charge is -2.32. The van der Waals surface area contributed by atoms with Gasteiger partial charge in [-0.15, -0.1) is 0 Å². The molecule has 0 aromatic heterocycles. The number of carbonyl (C=O) groups excluding carboxylic acids is 1. The molecule has 1 aliphatic rings. The molecule has 1 aromatic carbocycles. The average Bonchev–Trinajstić information content (AvgIpc) is 2.52. The molecule has 1 saturated heterocycles. The number of rotatable bonds is 5. The van der Waals surface area contributed by atoms with Crippen molar-refractivity contribution in [2.45, 2.75) is 37.2 Å². The molecule has 0 spiro atoms. The zero-order chi connectivity index (χ0) is 16.2. The van der Waals surface area contributed by atoms with Gasteiger partial charge in [0, 0.05) is 25.3 Å². The van der Waals surface area contributed by atoms with Gasteiger partial charge in [-0.2, -0.15) is 0 Å². The van der Waals surface area contributed by atoms with Crippen molar-refractivity contribution in [3.63, 3.8) is 0 Å². The molecule has 1 atom stereocenters. The monoisotopic (exact) mass is 326 g/mol. The van der Waals surface area contributed by atoms with Crippen LogP contribution < -0.4 is 5.14 Å². The maximum Gasteiger partial charge on any atom is 0.253 e. The van der Waals surface area contributed by atoms with Crippen LogP contribution in [0.3, 0.4) is 0 Å². The minimum absolute atomic E-state index is 0.00634. The SMILES string of the molecule is CCCO[C@H]1CCCN(C(=O)c2ccc(S(N)(=O)=O)cc2)C1. The summed E-state index contributed by atoms with van der Waals surface area (Å²) in [6.07, 6.45) is 2.92. The van der Waals surface area contributed by atoms with Gasteiger partial charge in [-0.1, -0.05) is 6.92 Å². The second-order valence-corrected chi connectivity index (χ2v) is 7.02. The van der Waals surface area contributed by atoms with Crippen LogP contribution in [0, 0.1) is 0 Å². The summed E-state index contributed by atoms with van der Waals surface area (Å²) in [4.78, 5) is 14.2. The van der Waals surface area contributed by atoms with E-state index in [4.69, 9.17) is 9.88 Å². The predicted molar refractivity (Wildman–Crippen MR) is 83.0 cm³/mol. The highest BCUT2D eigenvalue weighted by atomic mass is 32.2. The summed E-state index contributed by atoms with van der Waals surface area (Å²) >= 11 is 0. The second-order valence-electron chi connectivity index (χ2n) is 5.46. The van der Waals surface area contributed by atoms with E-state index in [9.17, 15) is 13.2 Å². The van der Waals surface area contributed by atoms with E-state index in [-0.39, 0.29) is 16.9 Å². The molecule has 1 aliphatic heterocycles. The number of carbonyl (C=O) groups is 1. The summed E-state index contributed by atoms with van der Waals surface area (Å²) in [6.45, 7) is 4.03. The number of hydrogen-bond acceptors (Lipinski definition) is 4. The van der Waals surface area contributed by atoms with Gasteiger partial charge in [-0.3, -0.25) is 4.79 Å². The summed E-state index contributed by atoms with van der Waals surface area (Å²) in [5.41, 5.74) is 0.462. The van der Waals surface area contributed by atoms with Crippen molar-refractivity contribution in [2.24, 2.45) is 5.14 Å². The summed E-state index contributed by atoms with van der Waals surface area (Å²) in [5.74, 6) is -0.106. The molecule has 1 amide bonds. The Morgan fingerprint density at radius 3 is 2.64 bits per heavy atom. The maximum atomic E-state index is 12.5. The second kappa shape index (κ2) is 7.21. The van der Waals surface area contributed by atoms with E-state index in [1.54, 1.807) is 4.90 Å². The fourth-order valence-electron chi connectivity index (χ4n) is 2.51. The molecule has 0 bridgehead atoms. The highest BCUT2D eigenvalue weighted by Crippen LogP contribution is 2.17. The van der Waals surface area contributed by atoms with Gasteiger partial charge in [0.05, 0.1) is 11.0 Å². The molecule has 22 heavy (non-hydrogen) atoms. The van der Waals surface area contributed by atoms with Crippen molar-refractivity contribution in [1.82, 2.24) is 4.90 Å². The number of hydrogen-bond donors (Lipinski definition) is 1. The number of likely N-dealkylation sites (tertiary alicyclic amines) is 1. The van der Waals surface area contributed by atoms with E-state index in [0.29, 0.717) is 25.3 Å². The molecule has 1 heterocycles. The molecule has 2 N–H and O–H groups in total. The molecule has 0 saturated carbocycles. The van der Waals surface area contributed by atoms with E-state index < -0.39 is 10.0 Å². The van der Waals surface area contributed by atoms with E-state index in [1.165, 1.54) is 24.3 Å². The van der Waals surface area contributed by atoms with Crippen molar-refractivity contribution >= 4 is 15.9 Å². The molecule has 0 unspecified atom stereocenters. The fraction of sp³-hybridized carbons (Fsp3) is 0.533. The highest BCUT2D eigenvalue weighted by Gasteiger charge is 2.25. The fourth-order valence-corrected chi connectivity index (χ4v) is 3.03. The van der Waals surface area contributed by atoms with Gasteiger partial charge in [0.2, 0.25) is 10.0 Å². The van der Waals surface area contributed by atoms with E-state index in [0.717, 1.165) is 19.3 Å². The third-order valence-electron chi connectivity index (χ3n) is 3.65. The van der Waals surface area contributed by atoms with Crippen molar-refractivity contribution in [3.05, 3.63) is 29.8 Å². The number of primary sulfonamides is 1.